The Morgan fingerprint density at radius 3 is 2.46 bits per heavy atom. The van der Waals surface area contributed by atoms with Gasteiger partial charge in [-0.3, -0.25) is 0 Å². The fraction of sp³-hybridized carbons (Fsp3) is 0.111. The zero-order valence-electron chi connectivity index (χ0n) is 6.51. The van der Waals surface area contributed by atoms with E-state index >= 15 is 0 Å². The van der Waals surface area contributed by atoms with Gasteiger partial charge in [-0.1, -0.05) is 35.0 Å². The molecule has 0 saturated heterocycles. The molecule has 1 aromatic rings. The van der Waals surface area contributed by atoms with E-state index in [1.165, 1.54) is 0 Å². The van der Waals surface area contributed by atoms with E-state index in [1.54, 1.807) is 12.1 Å². The Bertz CT molecular complexity index is 390. The van der Waals surface area contributed by atoms with Gasteiger partial charge >= 0.3 is 0 Å². The summed E-state index contributed by atoms with van der Waals surface area (Å²) in [5, 5.41) is 8.84. The van der Waals surface area contributed by atoms with Crippen molar-refractivity contribution < 1.29 is 0 Å². The molecule has 0 aliphatic carbocycles. The topological polar surface area (TPSA) is 36.7 Å². The summed E-state index contributed by atoms with van der Waals surface area (Å²) in [7, 11) is 0. The van der Waals surface area contributed by atoms with E-state index in [4.69, 9.17) is 28.5 Å². The number of rotatable bonds is 0. The van der Waals surface area contributed by atoms with Gasteiger partial charge in [0, 0.05) is 5.56 Å². The Labute approximate surface area is 86.1 Å². The average molecular weight is 211 g/mol. The summed E-state index contributed by atoms with van der Waals surface area (Å²) in [5.41, 5.74) is 0.667. The van der Waals surface area contributed by atoms with Crippen LogP contribution in [0.4, 0.5) is 0 Å². The van der Waals surface area contributed by atoms with E-state index in [1.807, 2.05) is 6.07 Å². The fourth-order valence-corrected chi connectivity index (χ4v) is 1.18. The molecule has 0 unspecified atom stereocenters. The van der Waals surface area contributed by atoms with E-state index in [2.05, 4.69) is 16.8 Å². The molecule has 0 aliphatic rings. The van der Waals surface area contributed by atoms with Crippen LogP contribution in [0.1, 0.15) is 12.0 Å². The van der Waals surface area contributed by atoms with E-state index in [-0.39, 0.29) is 6.42 Å². The largest absolute Gasteiger partial charge is 0.224 e. The van der Waals surface area contributed by atoms with Crippen molar-refractivity contribution >= 4 is 23.2 Å². The fourth-order valence-electron chi connectivity index (χ4n) is 0.723. The van der Waals surface area contributed by atoms with E-state index < -0.39 is 0 Å². The second-order valence-electron chi connectivity index (χ2n) is 2.14. The molecule has 13 heavy (non-hydrogen) atoms. The highest BCUT2D eigenvalue weighted by molar-refractivity contribution is 6.32. The third-order valence-electron chi connectivity index (χ3n) is 1.16. The van der Waals surface area contributed by atoms with Crippen LogP contribution in [-0.2, 0) is 0 Å². The lowest BCUT2D eigenvalue weighted by Crippen LogP contribution is -1.80. The van der Waals surface area contributed by atoms with Crippen LogP contribution in [0.2, 0.25) is 10.3 Å². The van der Waals surface area contributed by atoms with Crippen LogP contribution < -0.4 is 0 Å². The summed E-state index contributed by atoms with van der Waals surface area (Å²) < 4.78 is 0. The van der Waals surface area contributed by atoms with Crippen molar-refractivity contribution in [1.82, 2.24) is 4.98 Å². The monoisotopic (exact) mass is 210 g/mol. The molecule has 0 fully saturated rings. The number of aromatic nitrogens is 1. The van der Waals surface area contributed by atoms with Crippen LogP contribution in [0.25, 0.3) is 0 Å². The number of hydrogen-bond donors (Lipinski definition) is 0. The van der Waals surface area contributed by atoms with Gasteiger partial charge in [0.2, 0.25) is 0 Å². The summed E-state index contributed by atoms with van der Waals surface area (Å²) >= 11 is 11.3. The van der Waals surface area contributed by atoms with Crippen molar-refractivity contribution in [1.29, 1.82) is 5.26 Å². The summed E-state index contributed by atoms with van der Waals surface area (Å²) in [6.45, 7) is 0. The standard InChI is InChI=1S/C9H4Cl2N2/c10-8-5-7(3-1-2-4-12)6-9(11)13-8/h5-6H,2H2. The Balaban J connectivity index is 2.92. The normalized spacial score (nSPS) is 8.38. The Morgan fingerprint density at radius 1 is 1.31 bits per heavy atom. The van der Waals surface area contributed by atoms with Crippen molar-refractivity contribution in [3.63, 3.8) is 0 Å². The number of nitriles is 1. The number of hydrogen-bond acceptors (Lipinski definition) is 2. The van der Waals surface area contributed by atoms with Crippen molar-refractivity contribution in [2.24, 2.45) is 0 Å². The minimum Gasteiger partial charge on any atom is -0.224 e. The van der Waals surface area contributed by atoms with E-state index in [0.717, 1.165) is 0 Å². The molecule has 0 N–H and O–H groups in total. The van der Waals surface area contributed by atoms with Crippen molar-refractivity contribution in [3.05, 3.63) is 28.0 Å². The van der Waals surface area contributed by atoms with Gasteiger partial charge in [0.1, 0.15) is 10.3 Å². The van der Waals surface area contributed by atoms with Gasteiger partial charge < -0.3 is 0 Å². The molecule has 0 aromatic carbocycles. The lowest BCUT2D eigenvalue weighted by molar-refractivity contribution is 1.32. The number of halogens is 2. The molecule has 1 aromatic heterocycles. The molecular weight excluding hydrogens is 207 g/mol. The summed E-state index contributed by atoms with van der Waals surface area (Å²) in [5.74, 6) is 5.40. The van der Waals surface area contributed by atoms with Crippen LogP contribution in [0.3, 0.4) is 0 Å². The zero-order valence-corrected chi connectivity index (χ0v) is 8.02. The Hall–Kier alpha value is -1.22. The highest BCUT2D eigenvalue weighted by Crippen LogP contribution is 2.13. The van der Waals surface area contributed by atoms with E-state index in [0.29, 0.717) is 15.9 Å². The van der Waals surface area contributed by atoms with E-state index in [9.17, 15) is 0 Å². The SMILES string of the molecule is N#CCC#Cc1cc(Cl)nc(Cl)c1. The molecule has 4 heteroatoms. The minimum absolute atomic E-state index is 0.192. The van der Waals surface area contributed by atoms with Crippen LogP contribution >= 0.6 is 23.2 Å². The van der Waals surface area contributed by atoms with Gasteiger partial charge in [0.15, 0.2) is 0 Å². The molecule has 64 valence electrons. The second kappa shape index (κ2) is 4.72. The van der Waals surface area contributed by atoms with Gasteiger partial charge in [-0.05, 0) is 12.1 Å². The van der Waals surface area contributed by atoms with Crippen LogP contribution in [0, 0.1) is 23.2 Å². The lowest BCUT2D eigenvalue weighted by atomic mass is 10.2. The molecule has 0 saturated carbocycles. The average Bonchev–Trinajstić information content (AvgIpc) is 2.03. The maximum Gasteiger partial charge on any atom is 0.132 e. The van der Waals surface area contributed by atoms with Crippen LogP contribution in [0.15, 0.2) is 12.1 Å². The van der Waals surface area contributed by atoms with Crippen molar-refractivity contribution in [2.75, 3.05) is 0 Å². The number of pyridine rings is 1. The van der Waals surface area contributed by atoms with Gasteiger partial charge in [0.25, 0.3) is 0 Å². The van der Waals surface area contributed by atoms with Gasteiger partial charge in [-0.25, -0.2) is 4.98 Å². The Morgan fingerprint density at radius 2 is 1.92 bits per heavy atom. The first-order valence-electron chi connectivity index (χ1n) is 3.41. The summed E-state index contributed by atoms with van der Waals surface area (Å²) in [6, 6.07) is 5.10. The predicted molar refractivity (Wildman–Crippen MR) is 51.4 cm³/mol. The van der Waals surface area contributed by atoms with Gasteiger partial charge in [-0.2, -0.15) is 5.26 Å². The molecule has 2 nitrogen and oxygen atoms in total. The molecule has 0 spiro atoms. The van der Waals surface area contributed by atoms with Crippen molar-refractivity contribution in [2.45, 2.75) is 6.42 Å². The molecule has 1 heterocycles. The first-order valence-corrected chi connectivity index (χ1v) is 4.17. The molecule has 0 aliphatic heterocycles. The molecule has 0 amide bonds. The summed E-state index contributed by atoms with van der Waals surface area (Å²) in [6.07, 6.45) is 0.192. The molecular formula is C9H4Cl2N2. The molecule has 0 bridgehead atoms. The maximum absolute atomic E-state index is 8.24. The number of nitrogens with zero attached hydrogens (tertiary/aromatic N) is 2. The van der Waals surface area contributed by atoms with Gasteiger partial charge in [-0.15, -0.1) is 0 Å². The minimum atomic E-state index is 0.192. The second-order valence-corrected chi connectivity index (χ2v) is 2.91. The highest BCUT2D eigenvalue weighted by atomic mass is 35.5. The quantitative estimate of drug-likeness (QED) is 0.488. The molecule has 0 atom stereocenters. The van der Waals surface area contributed by atoms with Crippen LogP contribution in [0.5, 0.6) is 0 Å². The smallest absolute Gasteiger partial charge is 0.132 e. The van der Waals surface area contributed by atoms with Crippen molar-refractivity contribution in [3.8, 4) is 17.9 Å². The van der Waals surface area contributed by atoms with Crippen LogP contribution in [-0.4, -0.2) is 4.98 Å². The highest BCUT2D eigenvalue weighted by Gasteiger charge is 1.95. The maximum atomic E-state index is 8.24. The van der Waals surface area contributed by atoms with Gasteiger partial charge in [0.05, 0.1) is 12.5 Å². The zero-order chi connectivity index (χ0) is 9.68. The first-order chi connectivity index (χ1) is 6.22. The predicted octanol–water partition coefficient (Wildman–Crippen LogP) is 2.65. The molecule has 0 radical (unpaired) electrons. The molecule has 1 rings (SSSR count). The lowest BCUT2D eigenvalue weighted by Gasteiger charge is -1.92. The summed E-state index contributed by atoms with van der Waals surface area (Å²) in [4.78, 5) is 3.76. The third kappa shape index (κ3) is 3.34. The Kier molecular flexibility index (Phi) is 3.58. The first kappa shape index (κ1) is 9.86. The third-order valence-corrected chi connectivity index (χ3v) is 1.55.